The van der Waals surface area contributed by atoms with Crippen molar-refractivity contribution in [3.05, 3.63) is 12.2 Å². The smallest absolute Gasteiger partial charge is 0.226 e. The Morgan fingerprint density at radius 3 is 2.85 bits per heavy atom. The lowest BCUT2D eigenvalue weighted by Crippen LogP contribution is -2.51. The van der Waals surface area contributed by atoms with Gasteiger partial charge in [0.25, 0.3) is 0 Å². The molecule has 1 aromatic rings. The molecule has 3 unspecified atom stereocenters. The summed E-state index contributed by atoms with van der Waals surface area (Å²) in [6.45, 7) is 6.93. The number of hydrogen-bond acceptors (Lipinski definition) is 4. The second kappa shape index (κ2) is 5.52. The van der Waals surface area contributed by atoms with E-state index in [4.69, 9.17) is 5.73 Å². The van der Waals surface area contributed by atoms with Gasteiger partial charge in [-0.15, -0.1) is 0 Å². The normalized spacial score (nSPS) is 29.1. The Bertz CT molecular complexity index is 456. The van der Waals surface area contributed by atoms with Gasteiger partial charge in [0.15, 0.2) is 0 Å². The van der Waals surface area contributed by atoms with Crippen LogP contribution < -0.4 is 5.73 Å². The zero-order valence-corrected chi connectivity index (χ0v) is 12.8. The number of aromatic amines is 1. The summed E-state index contributed by atoms with van der Waals surface area (Å²) in [5, 5.41) is 6.59. The Morgan fingerprint density at radius 1 is 1.55 bits per heavy atom. The van der Waals surface area contributed by atoms with E-state index in [1.807, 2.05) is 7.05 Å². The van der Waals surface area contributed by atoms with E-state index in [9.17, 15) is 4.79 Å². The molecule has 1 fully saturated rings. The van der Waals surface area contributed by atoms with E-state index in [-0.39, 0.29) is 23.3 Å². The van der Waals surface area contributed by atoms with Crippen LogP contribution in [0, 0.1) is 17.3 Å². The molecule has 6 heteroatoms. The van der Waals surface area contributed by atoms with Crippen molar-refractivity contribution in [2.75, 3.05) is 7.05 Å². The molecule has 0 bridgehead atoms. The minimum atomic E-state index is -0.0789. The fraction of sp³-hybridized carbons (Fsp3) is 0.786. The number of nitrogens with two attached hydrogens (primary N) is 1. The largest absolute Gasteiger partial charge is 0.338 e. The summed E-state index contributed by atoms with van der Waals surface area (Å²) in [5.74, 6) is 1.23. The van der Waals surface area contributed by atoms with Gasteiger partial charge in [-0.25, -0.2) is 4.98 Å². The van der Waals surface area contributed by atoms with Gasteiger partial charge in [0, 0.05) is 19.0 Å². The third kappa shape index (κ3) is 2.70. The van der Waals surface area contributed by atoms with Crippen molar-refractivity contribution in [3.63, 3.8) is 0 Å². The second-order valence-corrected chi connectivity index (χ2v) is 6.53. The fourth-order valence-corrected chi connectivity index (χ4v) is 3.17. The first kappa shape index (κ1) is 15.0. The summed E-state index contributed by atoms with van der Waals surface area (Å²) in [7, 11) is 1.82. The number of nitrogens with zero attached hydrogens (tertiary/aromatic N) is 3. The van der Waals surface area contributed by atoms with Crippen LogP contribution in [0.3, 0.4) is 0 Å². The van der Waals surface area contributed by atoms with Crippen molar-refractivity contribution in [1.82, 2.24) is 20.1 Å². The highest BCUT2D eigenvalue weighted by Gasteiger charge is 2.45. The molecule has 1 aliphatic rings. The highest BCUT2D eigenvalue weighted by molar-refractivity contribution is 5.79. The first-order valence-electron chi connectivity index (χ1n) is 7.18. The minimum absolute atomic E-state index is 0.0187. The SMILES string of the molecule is CC1C(N)CCC(C(=O)N(C)Cc2ncn[nH]2)C1(C)C. The molecule has 0 aromatic carbocycles. The first-order valence-corrected chi connectivity index (χ1v) is 7.18. The first-order chi connectivity index (χ1) is 9.34. The van der Waals surface area contributed by atoms with Gasteiger partial charge in [-0.1, -0.05) is 20.8 Å². The highest BCUT2D eigenvalue weighted by atomic mass is 16.2. The molecular weight excluding hydrogens is 254 g/mol. The molecule has 20 heavy (non-hydrogen) atoms. The van der Waals surface area contributed by atoms with E-state index in [0.717, 1.165) is 12.8 Å². The van der Waals surface area contributed by atoms with Gasteiger partial charge >= 0.3 is 0 Å². The van der Waals surface area contributed by atoms with E-state index >= 15 is 0 Å². The molecule has 0 aliphatic heterocycles. The van der Waals surface area contributed by atoms with E-state index < -0.39 is 0 Å². The monoisotopic (exact) mass is 279 g/mol. The van der Waals surface area contributed by atoms with Crippen molar-refractivity contribution >= 4 is 5.91 Å². The average molecular weight is 279 g/mol. The minimum Gasteiger partial charge on any atom is -0.338 e. The Kier molecular flexibility index (Phi) is 4.13. The zero-order valence-electron chi connectivity index (χ0n) is 12.8. The van der Waals surface area contributed by atoms with Crippen molar-refractivity contribution in [3.8, 4) is 0 Å². The molecule has 1 aromatic heterocycles. The lowest BCUT2D eigenvalue weighted by Gasteiger charge is -2.46. The molecular formula is C14H25N5O. The molecule has 3 atom stereocenters. The molecule has 1 heterocycles. The maximum atomic E-state index is 12.7. The summed E-state index contributed by atoms with van der Waals surface area (Å²) < 4.78 is 0. The number of H-pyrrole nitrogens is 1. The molecule has 6 nitrogen and oxygen atoms in total. The van der Waals surface area contributed by atoms with Crippen LogP contribution in [0.25, 0.3) is 0 Å². The number of carbonyl (C=O) groups is 1. The van der Waals surface area contributed by atoms with Crippen molar-refractivity contribution in [2.24, 2.45) is 23.0 Å². The van der Waals surface area contributed by atoms with Gasteiger partial charge in [-0.3, -0.25) is 9.89 Å². The van der Waals surface area contributed by atoms with Gasteiger partial charge in [-0.05, 0) is 24.2 Å². The van der Waals surface area contributed by atoms with E-state index in [1.165, 1.54) is 6.33 Å². The maximum Gasteiger partial charge on any atom is 0.226 e. The Hall–Kier alpha value is -1.43. The third-order valence-corrected chi connectivity index (χ3v) is 5.03. The van der Waals surface area contributed by atoms with E-state index in [1.54, 1.807) is 4.90 Å². The predicted octanol–water partition coefficient (Wildman–Crippen LogP) is 1.16. The van der Waals surface area contributed by atoms with Crippen molar-refractivity contribution in [2.45, 2.75) is 46.2 Å². The number of rotatable bonds is 3. The fourth-order valence-electron chi connectivity index (χ4n) is 3.17. The highest BCUT2D eigenvalue weighted by Crippen LogP contribution is 2.45. The molecule has 1 amide bonds. The van der Waals surface area contributed by atoms with Crippen LogP contribution in [0.4, 0.5) is 0 Å². The summed E-state index contributed by atoms with van der Waals surface area (Å²) >= 11 is 0. The Balaban J connectivity index is 2.08. The van der Waals surface area contributed by atoms with Crippen LogP contribution >= 0.6 is 0 Å². The number of amides is 1. The Labute approximate surface area is 120 Å². The quantitative estimate of drug-likeness (QED) is 0.869. The number of nitrogens with one attached hydrogen (secondary N) is 1. The van der Waals surface area contributed by atoms with Crippen molar-refractivity contribution < 1.29 is 4.79 Å². The summed E-state index contributed by atoms with van der Waals surface area (Å²) in [5.41, 5.74) is 6.07. The van der Waals surface area contributed by atoms with Gasteiger partial charge in [0.1, 0.15) is 12.2 Å². The molecule has 1 aliphatic carbocycles. The van der Waals surface area contributed by atoms with Crippen LogP contribution in [-0.4, -0.2) is 39.1 Å². The zero-order chi connectivity index (χ0) is 14.9. The van der Waals surface area contributed by atoms with Gasteiger partial charge in [0.2, 0.25) is 5.91 Å². The number of carbonyl (C=O) groups excluding carboxylic acids is 1. The van der Waals surface area contributed by atoms with Gasteiger partial charge < -0.3 is 10.6 Å². The van der Waals surface area contributed by atoms with E-state index in [0.29, 0.717) is 18.3 Å². The molecule has 0 radical (unpaired) electrons. The van der Waals surface area contributed by atoms with Crippen molar-refractivity contribution in [1.29, 1.82) is 0 Å². The van der Waals surface area contributed by atoms with Gasteiger partial charge in [-0.2, -0.15) is 5.10 Å². The van der Waals surface area contributed by atoms with Crippen LogP contribution in [0.2, 0.25) is 0 Å². The maximum absolute atomic E-state index is 12.7. The van der Waals surface area contributed by atoms with Gasteiger partial charge in [0.05, 0.1) is 6.54 Å². The lowest BCUT2D eigenvalue weighted by molar-refractivity contribution is -0.142. The molecule has 1 saturated carbocycles. The average Bonchev–Trinajstić information content (AvgIpc) is 2.88. The van der Waals surface area contributed by atoms with E-state index in [2.05, 4.69) is 36.0 Å². The van der Waals surface area contributed by atoms with Crippen LogP contribution in [0.5, 0.6) is 0 Å². The topological polar surface area (TPSA) is 87.9 Å². The number of aromatic nitrogens is 3. The number of hydrogen-bond donors (Lipinski definition) is 2. The molecule has 0 saturated heterocycles. The molecule has 3 N–H and O–H groups in total. The molecule has 112 valence electrons. The summed E-state index contributed by atoms with van der Waals surface area (Å²) in [6.07, 6.45) is 3.23. The Morgan fingerprint density at radius 2 is 2.25 bits per heavy atom. The standard InChI is InChI=1S/C14H25N5O/c1-9-11(15)6-5-10(14(9,2)3)13(20)19(4)7-12-16-8-17-18-12/h8-11H,5-7,15H2,1-4H3,(H,16,17,18). The molecule has 0 spiro atoms. The van der Waals surface area contributed by atoms with Crippen LogP contribution in [0.1, 0.15) is 39.4 Å². The predicted molar refractivity (Wildman–Crippen MR) is 76.5 cm³/mol. The molecule has 2 rings (SSSR count). The second-order valence-electron chi connectivity index (χ2n) is 6.53. The third-order valence-electron chi connectivity index (χ3n) is 5.03. The lowest BCUT2D eigenvalue weighted by atomic mass is 9.61. The summed E-state index contributed by atoms with van der Waals surface area (Å²) in [4.78, 5) is 18.5. The summed E-state index contributed by atoms with van der Waals surface area (Å²) in [6, 6.07) is 0.189. The van der Waals surface area contributed by atoms with Crippen LogP contribution in [-0.2, 0) is 11.3 Å². The van der Waals surface area contributed by atoms with Crippen LogP contribution in [0.15, 0.2) is 6.33 Å².